The number of amides is 1. The predicted molar refractivity (Wildman–Crippen MR) is 111 cm³/mol. The van der Waals surface area contributed by atoms with Crippen LogP contribution >= 0.6 is 0 Å². The Hall–Kier alpha value is -3.20. The molecule has 0 spiro atoms. The number of carbonyl (C=O) groups excluding carboxylic acids is 1. The van der Waals surface area contributed by atoms with Crippen LogP contribution in [0.3, 0.4) is 0 Å². The van der Waals surface area contributed by atoms with Crippen molar-refractivity contribution in [2.45, 2.75) is 38.0 Å². The van der Waals surface area contributed by atoms with Crippen LogP contribution in [0.1, 0.15) is 19.3 Å². The van der Waals surface area contributed by atoms with E-state index >= 15 is 0 Å². The molecule has 1 saturated carbocycles. The van der Waals surface area contributed by atoms with E-state index in [2.05, 4.69) is 16.8 Å². The molecular weight excluding hydrogens is 384 g/mol. The zero-order valence-corrected chi connectivity index (χ0v) is 17.3. The standard InChI is InChI=1S/C21H26N6O3/c1-4-20(28)25(2)16-10-17(11-16)30-21-19-6-7-22-27(19)14-18(24-21)15-12-23-26(13-15)8-5-9-29-3/h4,6-7,12-14,16-17H,1,5,8-11H2,2-3H3. The lowest BCUT2D eigenvalue weighted by molar-refractivity contribution is -0.130. The third-order valence-electron chi connectivity index (χ3n) is 5.44. The van der Waals surface area contributed by atoms with Crippen molar-refractivity contribution < 1.29 is 14.3 Å². The minimum absolute atomic E-state index is 0.00767. The highest BCUT2D eigenvalue weighted by Gasteiger charge is 2.35. The Kier molecular flexibility index (Phi) is 5.80. The Morgan fingerprint density at radius 1 is 1.37 bits per heavy atom. The summed E-state index contributed by atoms with van der Waals surface area (Å²) in [5.41, 5.74) is 2.46. The first-order valence-electron chi connectivity index (χ1n) is 10.0. The molecule has 0 bridgehead atoms. The number of aromatic nitrogens is 5. The smallest absolute Gasteiger partial charge is 0.245 e. The molecule has 9 heteroatoms. The van der Waals surface area contributed by atoms with Gasteiger partial charge in [-0.15, -0.1) is 0 Å². The molecule has 1 fully saturated rings. The number of ether oxygens (including phenoxy) is 2. The molecule has 3 aromatic heterocycles. The fourth-order valence-corrected chi connectivity index (χ4v) is 3.54. The zero-order valence-electron chi connectivity index (χ0n) is 17.3. The van der Waals surface area contributed by atoms with Crippen LogP contribution in [0.2, 0.25) is 0 Å². The van der Waals surface area contributed by atoms with Crippen molar-refractivity contribution in [2.24, 2.45) is 0 Å². The van der Waals surface area contributed by atoms with E-state index in [9.17, 15) is 4.79 Å². The summed E-state index contributed by atoms with van der Waals surface area (Å²) in [6, 6.07) is 2.04. The lowest BCUT2D eigenvalue weighted by Gasteiger charge is -2.40. The second-order valence-corrected chi connectivity index (χ2v) is 7.45. The number of fused-ring (bicyclic) bond motifs is 1. The van der Waals surface area contributed by atoms with E-state index < -0.39 is 0 Å². The number of hydrogen-bond acceptors (Lipinski definition) is 6. The molecule has 9 nitrogen and oxygen atoms in total. The first-order chi connectivity index (χ1) is 14.6. The molecule has 0 saturated heterocycles. The van der Waals surface area contributed by atoms with Gasteiger partial charge in [-0.2, -0.15) is 10.2 Å². The van der Waals surface area contributed by atoms with Gasteiger partial charge in [0.1, 0.15) is 11.6 Å². The lowest BCUT2D eigenvalue weighted by atomic mass is 9.88. The highest BCUT2D eigenvalue weighted by molar-refractivity contribution is 5.87. The molecule has 0 radical (unpaired) electrons. The molecule has 0 aromatic carbocycles. The molecule has 1 amide bonds. The Bertz CT molecular complexity index is 1040. The van der Waals surface area contributed by atoms with Crippen LogP contribution in [-0.2, 0) is 16.1 Å². The van der Waals surface area contributed by atoms with Gasteiger partial charge in [-0.3, -0.25) is 9.48 Å². The molecule has 3 aromatic rings. The quantitative estimate of drug-likeness (QED) is 0.397. The maximum Gasteiger partial charge on any atom is 0.245 e. The summed E-state index contributed by atoms with van der Waals surface area (Å²) in [6.07, 6.45) is 11.1. The van der Waals surface area contributed by atoms with Gasteiger partial charge in [0.15, 0.2) is 0 Å². The summed E-state index contributed by atoms with van der Waals surface area (Å²) >= 11 is 0. The SMILES string of the molecule is C=CC(=O)N(C)C1CC(Oc2nc(-c3cnn(CCCOC)c3)cn3nccc23)C1. The molecule has 1 aliphatic carbocycles. The Morgan fingerprint density at radius 3 is 2.97 bits per heavy atom. The largest absolute Gasteiger partial charge is 0.473 e. The molecule has 158 valence electrons. The van der Waals surface area contributed by atoms with E-state index in [4.69, 9.17) is 14.5 Å². The van der Waals surface area contributed by atoms with Gasteiger partial charge in [-0.05, 0) is 18.6 Å². The van der Waals surface area contributed by atoms with Crippen LogP contribution < -0.4 is 4.74 Å². The number of nitrogens with zero attached hydrogens (tertiary/aromatic N) is 6. The van der Waals surface area contributed by atoms with Gasteiger partial charge in [0.05, 0.1) is 24.3 Å². The predicted octanol–water partition coefficient (Wildman–Crippen LogP) is 2.18. The molecule has 4 rings (SSSR count). The van der Waals surface area contributed by atoms with Gasteiger partial charge in [-0.25, -0.2) is 9.50 Å². The monoisotopic (exact) mass is 410 g/mol. The maximum absolute atomic E-state index is 11.8. The molecule has 30 heavy (non-hydrogen) atoms. The first kappa shape index (κ1) is 20.1. The van der Waals surface area contributed by atoms with E-state index in [1.165, 1.54) is 6.08 Å². The van der Waals surface area contributed by atoms with Gasteiger partial charge >= 0.3 is 0 Å². The van der Waals surface area contributed by atoms with Crippen molar-refractivity contribution in [2.75, 3.05) is 20.8 Å². The number of likely N-dealkylation sites (N-methyl/N-ethyl adjacent to an activating group) is 1. The normalized spacial score (nSPS) is 18.2. The highest BCUT2D eigenvalue weighted by atomic mass is 16.5. The molecular formula is C21H26N6O3. The fraction of sp³-hybridized carbons (Fsp3) is 0.429. The Balaban J connectivity index is 1.49. The number of methoxy groups -OCH3 is 1. The molecule has 0 unspecified atom stereocenters. The van der Waals surface area contributed by atoms with Crippen molar-refractivity contribution >= 4 is 11.4 Å². The van der Waals surface area contributed by atoms with Gasteiger partial charge in [0.2, 0.25) is 11.8 Å². The number of aryl methyl sites for hydroxylation is 1. The minimum atomic E-state index is -0.0701. The van der Waals surface area contributed by atoms with Crippen molar-refractivity contribution in [3.05, 3.63) is 43.5 Å². The maximum atomic E-state index is 11.8. The van der Waals surface area contributed by atoms with Crippen molar-refractivity contribution in [1.29, 1.82) is 0 Å². The Labute approximate surface area is 174 Å². The number of rotatable bonds is 9. The molecule has 3 heterocycles. The van der Waals surface area contributed by atoms with Crippen LogP contribution in [0.15, 0.2) is 43.5 Å². The molecule has 0 atom stereocenters. The van der Waals surface area contributed by atoms with Gasteiger partial charge in [-0.1, -0.05) is 6.58 Å². The van der Waals surface area contributed by atoms with Crippen molar-refractivity contribution in [3.63, 3.8) is 0 Å². The topological polar surface area (TPSA) is 86.8 Å². The average molecular weight is 410 g/mol. The summed E-state index contributed by atoms with van der Waals surface area (Å²) in [5, 5.41) is 8.76. The van der Waals surface area contributed by atoms with Crippen molar-refractivity contribution in [1.82, 2.24) is 29.3 Å². The second kappa shape index (κ2) is 8.66. The van der Waals surface area contributed by atoms with Crippen LogP contribution in [-0.4, -0.2) is 68.1 Å². The summed E-state index contributed by atoms with van der Waals surface area (Å²) in [4.78, 5) is 18.2. The summed E-state index contributed by atoms with van der Waals surface area (Å²) < 4.78 is 14.9. The lowest BCUT2D eigenvalue weighted by Crippen LogP contribution is -2.49. The fourth-order valence-electron chi connectivity index (χ4n) is 3.54. The van der Waals surface area contributed by atoms with E-state index in [-0.39, 0.29) is 18.1 Å². The van der Waals surface area contributed by atoms with E-state index in [0.29, 0.717) is 12.5 Å². The average Bonchev–Trinajstić information content (AvgIpc) is 3.38. The minimum Gasteiger partial charge on any atom is -0.473 e. The first-order valence-corrected chi connectivity index (χ1v) is 10.0. The second-order valence-electron chi connectivity index (χ2n) is 7.45. The third-order valence-corrected chi connectivity index (χ3v) is 5.44. The molecule has 0 N–H and O–H groups in total. The third kappa shape index (κ3) is 4.06. The summed E-state index contributed by atoms with van der Waals surface area (Å²) in [5.74, 6) is 0.470. The van der Waals surface area contributed by atoms with Crippen molar-refractivity contribution in [3.8, 4) is 17.1 Å². The van der Waals surface area contributed by atoms with Crippen LogP contribution in [0.4, 0.5) is 0 Å². The number of carbonyl (C=O) groups is 1. The number of hydrogen-bond donors (Lipinski definition) is 0. The van der Waals surface area contributed by atoms with Gasteiger partial charge in [0, 0.05) is 58.0 Å². The molecule has 1 aliphatic rings. The van der Waals surface area contributed by atoms with Crippen LogP contribution in [0, 0.1) is 0 Å². The summed E-state index contributed by atoms with van der Waals surface area (Å²) in [7, 11) is 3.49. The van der Waals surface area contributed by atoms with Gasteiger partial charge < -0.3 is 14.4 Å². The summed E-state index contributed by atoms with van der Waals surface area (Å²) in [6.45, 7) is 5.02. The van der Waals surface area contributed by atoms with Crippen LogP contribution in [0.25, 0.3) is 16.8 Å². The van der Waals surface area contributed by atoms with Crippen LogP contribution in [0.5, 0.6) is 5.88 Å². The van der Waals surface area contributed by atoms with E-state index in [1.807, 2.05) is 23.1 Å². The van der Waals surface area contributed by atoms with E-state index in [1.54, 1.807) is 36.0 Å². The molecule has 0 aliphatic heterocycles. The van der Waals surface area contributed by atoms with Gasteiger partial charge in [0.25, 0.3) is 0 Å². The highest BCUT2D eigenvalue weighted by Crippen LogP contribution is 2.31. The van der Waals surface area contributed by atoms with E-state index in [0.717, 1.165) is 42.6 Å². The zero-order chi connectivity index (χ0) is 21.1. The Morgan fingerprint density at radius 2 is 2.20 bits per heavy atom.